The Bertz CT molecular complexity index is 176. The van der Waals surface area contributed by atoms with E-state index in [9.17, 15) is 0 Å². The number of aliphatic hydroxyl groups excluding tert-OH is 1. The van der Waals surface area contributed by atoms with Gasteiger partial charge in [-0.3, -0.25) is 0 Å². The van der Waals surface area contributed by atoms with Crippen LogP contribution in [-0.4, -0.2) is 16.5 Å². The molecule has 2 N–H and O–H groups in total. The van der Waals surface area contributed by atoms with Gasteiger partial charge >= 0.3 is 0 Å². The molecule has 0 heterocycles. The molecule has 0 spiro atoms. The van der Waals surface area contributed by atoms with Crippen LogP contribution >= 0.6 is 0 Å². The SMILES string of the molecule is OC(O)C1=CC2CCC1CC2. The molecule has 11 heavy (non-hydrogen) atoms. The summed E-state index contributed by atoms with van der Waals surface area (Å²) in [6.45, 7) is 0. The number of allylic oxidation sites excluding steroid dienone is 1. The first kappa shape index (κ1) is 7.32. The van der Waals surface area contributed by atoms with Crippen molar-refractivity contribution >= 4 is 0 Å². The maximum Gasteiger partial charge on any atom is 0.174 e. The fourth-order valence-electron chi connectivity index (χ4n) is 2.32. The molecule has 3 rings (SSSR count). The van der Waals surface area contributed by atoms with Crippen molar-refractivity contribution in [2.24, 2.45) is 11.8 Å². The second-order valence-electron chi connectivity index (χ2n) is 3.65. The minimum absolute atomic E-state index is 0.472. The highest BCUT2D eigenvalue weighted by molar-refractivity contribution is 5.17. The standard InChI is InChI=1S/C9H14O2/c10-9(11)8-5-6-1-3-7(8)4-2-6/h5-7,9-11H,1-4H2. The summed E-state index contributed by atoms with van der Waals surface area (Å²) in [5, 5.41) is 18.0. The Morgan fingerprint density at radius 1 is 1.18 bits per heavy atom. The van der Waals surface area contributed by atoms with Crippen molar-refractivity contribution in [3.05, 3.63) is 11.6 Å². The molecule has 0 aromatic heterocycles. The maximum absolute atomic E-state index is 8.99. The summed E-state index contributed by atoms with van der Waals surface area (Å²) < 4.78 is 0. The molecule has 3 aliphatic rings. The van der Waals surface area contributed by atoms with Gasteiger partial charge in [-0.15, -0.1) is 0 Å². The molecule has 0 radical (unpaired) electrons. The number of fused-ring (bicyclic) bond motifs is 2. The van der Waals surface area contributed by atoms with Gasteiger partial charge in [-0.2, -0.15) is 0 Å². The second kappa shape index (κ2) is 2.61. The van der Waals surface area contributed by atoms with Gasteiger partial charge in [0.25, 0.3) is 0 Å². The summed E-state index contributed by atoms with van der Waals surface area (Å²) in [7, 11) is 0. The fourth-order valence-corrected chi connectivity index (χ4v) is 2.32. The molecule has 3 aliphatic carbocycles. The van der Waals surface area contributed by atoms with E-state index in [1.807, 2.05) is 0 Å². The highest BCUT2D eigenvalue weighted by atomic mass is 16.5. The predicted octanol–water partition coefficient (Wildman–Crippen LogP) is 1.04. The van der Waals surface area contributed by atoms with E-state index in [-0.39, 0.29) is 0 Å². The smallest absolute Gasteiger partial charge is 0.174 e. The lowest BCUT2D eigenvalue weighted by atomic mass is 9.71. The number of hydrogen-bond acceptors (Lipinski definition) is 2. The van der Waals surface area contributed by atoms with Crippen LogP contribution in [0.2, 0.25) is 0 Å². The van der Waals surface area contributed by atoms with E-state index >= 15 is 0 Å². The molecule has 0 saturated heterocycles. The quantitative estimate of drug-likeness (QED) is 0.437. The lowest BCUT2D eigenvalue weighted by Crippen LogP contribution is -2.28. The predicted molar refractivity (Wildman–Crippen MR) is 41.8 cm³/mol. The van der Waals surface area contributed by atoms with Crippen LogP contribution in [-0.2, 0) is 0 Å². The van der Waals surface area contributed by atoms with Gasteiger partial charge in [0.1, 0.15) is 0 Å². The van der Waals surface area contributed by atoms with Crippen LogP contribution in [0.1, 0.15) is 25.7 Å². The third-order valence-corrected chi connectivity index (χ3v) is 2.97. The van der Waals surface area contributed by atoms with E-state index in [2.05, 4.69) is 6.08 Å². The van der Waals surface area contributed by atoms with E-state index in [4.69, 9.17) is 10.2 Å². The van der Waals surface area contributed by atoms with Crippen LogP contribution in [0.15, 0.2) is 11.6 Å². The van der Waals surface area contributed by atoms with Crippen LogP contribution in [0.5, 0.6) is 0 Å². The zero-order valence-electron chi connectivity index (χ0n) is 6.53. The Morgan fingerprint density at radius 2 is 1.82 bits per heavy atom. The van der Waals surface area contributed by atoms with Gasteiger partial charge in [0.05, 0.1) is 0 Å². The topological polar surface area (TPSA) is 40.5 Å². The highest BCUT2D eigenvalue weighted by Gasteiger charge is 2.31. The first-order valence-corrected chi connectivity index (χ1v) is 4.35. The van der Waals surface area contributed by atoms with Crippen LogP contribution in [0.4, 0.5) is 0 Å². The van der Waals surface area contributed by atoms with Crippen molar-refractivity contribution < 1.29 is 10.2 Å². The van der Waals surface area contributed by atoms with E-state index in [1.54, 1.807) is 0 Å². The molecular formula is C9H14O2. The van der Waals surface area contributed by atoms with Crippen LogP contribution in [0.3, 0.4) is 0 Å². The lowest BCUT2D eigenvalue weighted by Gasteiger charge is -2.35. The minimum atomic E-state index is -1.19. The highest BCUT2D eigenvalue weighted by Crippen LogP contribution is 2.41. The zero-order chi connectivity index (χ0) is 7.84. The van der Waals surface area contributed by atoms with Gasteiger partial charge in [0.15, 0.2) is 6.29 Å². The molecule has 0 aromatic rings. The fraction of sp³-hybridized carbons (Fsp3) is 0.778. The summed E-state index contributed by atoms with van der Waals surface area (Å²) in [4.78, 5) is 0. The Hall–Kier alpha value is -0.340. The molecule has 1 saturated carbocycles. The average molecular weight is 154 g/mol. The molecule has 2 heteroatoms. The molecule has 0 aliphatic heterocycles. The van der Waals surface area contributed by atoms with E-state index in [0.717, 1.165) is 18.4 Å². The number of hydrogen-bond donors (Lipinski definition) is 2. The van der Waals surface area contributed by atoms with Crippen molar-refractivity contribution in [3.8, 4) is 0 Å². The Kier molecular flexibility index (Phi) is 1.74. The van der Waals surface area contributed by atoms with Gasteiger partial charge < -0.3 is 10.2 Å². The minimum Gasteiger partial charge on any atom is -0.365 e. The largest absolute Gasteiger partial charge is 0.365 e. The first-order valence-electron chi connectivity index (χ1n) is 4.35. The number of aliphatic hydroxyl groups is 2. The Balaban J connectivity index is 2.20. The number of rotatable bonds is 1. The average Bonchev–Trinajstić information content (AvgIpc) is 2.06. The van der Waals surface area contributed by atoms with Gasteiger partial charge in [-0.05, 0) is 43.1 Å². The normalized spacial score (nSPS) is 36.1. The molecule has 0 amide bonds. The van der Waals surface area contributed by atoms with Crippen molar-refractivity contribution in [2.45, 2.75) is 32.0 Å². The van der Waals surface area contributed by atoms with Gasteiger partial charge in [-0.25, -0.2) is 0 Å². The van der Waals surface area contributed by atoms with Crippen LogP contribution in [0, 0.1) is 11.8 Å². The molecule has 2 nitrogen and oxygen atoms in total. The Labute approximate surface area is 66.5 Å². The van der Waals surface area contributed by atoms with E-state index in [0.29, 0.717) is 11.8 Å². The molecule has 1 fully saturated rings. The Morgan fingerprint density at radius 3 is 2.09 bits per heavy atom. The van der Waals surface area contributed by atoms with E-state index in [1.165, 1.54) is 12.8 Å². The monoisotopic (exact) mass is 154 g/mol. The molecule has 62 valence electrons. The molecule has 0 unspecified atom stereocenters. The summed E-state index contributed by atoms with van der Waals surface area (Å²) in [5.41, 5.74) is 0.882. The summed E-state index contributed by atoms with van der Waals surface area (Å²) in [5.74, 6) is 1.11. The van der Waals surface area contributed by atoms with Gasteiger partial charge in [0.2, 0.25) is 0 Å². The molecule has 2 bridgehead atoms. The van der Waals surface area contributed by atoms with Gasteiger partial charge in [-0.1, -0.05) is 6.08 Å². The second-order valence-corrected chi connectivity index (χ2v) is 3.65. The van der Waals surface area contributed by atoms with Crippen molar-refractivity contribution in [1.29, 1.82) is 0 Å². The maximum atomic E-state index is 8.99. The third-order valence-electron chi connectivity index (χ3n) is 2.97. The summed E-state index contributed by atoms with van der Waals surface area (Å²) >= 11 is 0. The molecule has 0 atom stereocenters. The lowest BCUT2D eigenvalue weighted by molar-refractivity contribution is -0.0215. The zero-order valence-corrected chi connectivity index (χ0v) is 6.53. The summed E-state index contributed by atoms with van der Waals surface area (Å²) in [6.07, 6.45) is 5.70. The van der Waals surface area contributed by atoms with Crippen molar-refractivity contribution in [3.63, 3.8) is 0 Å². The third kappa shape index (κ3) is 1.21. The van der Waals surface area contributed by atoms with Gasteiger partial charge in [0, 0.05) is 0 Å². The van der Waals surface area contributed by atoms with Crippen LogP contribution in [0.25, 0.3) is 0 Å². The first-order chi connectivity index (χ1) is 5.27. The van der Waals surface area contributed by atoms with E-state index < -0.39 is 6.29 Å². The van der Waals surface area contributed by atoms with Crippen molar-refractivity contribution in [1.82, 2.24) is 0 Å². The van der Waals surface area contributed by atoms with Crippen molar-refractivity contribution in [2.75, 3.05) is 0 Å². The summed E-state index contributed by atoms with van der Waals surface area (Å²) in [6, 6.07) is 0. The molecular weight excluding hydrogens is 140 g/mol. The molecule has 0 aromatic carbocycles. The van der Waals surface area contributed by atoms with Crippen LogP contribution < -0.4 is 0 Å².